The smallest absolute Gasteiger partial charge is 0.123 e. The highest BCUT2D eigenvalue weighted by Crippen LogP contribution is 2.15. The van der Waals surface area contributed by atoms with E-state index in [2.05, 4.69) is 14.9 Å². The molecule has 17 heavy (non-hydrogen) atoms. The maximum absolute atomic E-state index is 12.9. The van der Waals surface area contributed by atoms with Crippen LogP contribution in [0.25, 0.3) is 0 Å². The molecular weight excluding hydrogens is 217 g/mol. The van der Waals surface area contributed by atoms with E-state index in [9.17, 15) is 4.39 Å². The molecule has 4 heteroatoms. The minimum Gasteiger partial charge on any atom is -0.383 e. The van der Waals surface area contributed by atoms with Gasteiger partial charge in [-0.05, 0) is 37.6 Å². The van der Waals surface area contributed by atoms with E-state index in [1.807, 2.05) is 20.0 Å². The van der Waals surface area contributed by atoms with Gasteiger partial charge in [-0.15, -0.1) is 0 Å². The third kappa shape index (κ3) is 2.84. The summed E-state index contributed by atoms with van der Waals surface area (Å²) in [7, 11) is 0. The van der Waals surface area contributed by atoms with Crippen molar-refractivity contribution in [2.24, 2.45) is 0 Å². The first kappa shape index (κ1) is 11.6. The van der Waals surface area contributed by atoms with Crippen LogP contribution < -0.4 is 5.32 Å². The topological polar surface area (TPSA) is 29.9 Å². The molecule has 0 atom stereocenters. The summed E-state index contributed by atoms with van der Waals surface area (Å²) in [6, 6.07) is 4.77. The highest BCUT2D eigenvalue weighted by molar-refractivity contribution is 5.50. The van der Waals surface area contributed by atoms with Crippen molar-refractivity contribution in [3.63, 3.8) is 0 Å². The molecule has 1 N–H and O–H groups in total. The van der Waals surface area contributed by atoms with Crippen molar-refractivity contribution >= 4 is 5.69 Å². The van der Waals surface area contributed by atoms with E-state index in [-0.39, 0.29) is 5.82 Å². The first-order valence-electron chi connectivity index (χ1n) is 5.64. The molecule has 0 fully saturated rings. The predicted octanol–water partition coefficient (Wildman–Crippen LogP) is 2.75. The van der Waals surface area contributed by atoms with Crippen molar-refractivity contribution in [1.82, 2.24) is 9.55 Å². The van der Waals surface area contributed by atoms with Gasteiger partial charge in [0, 0.05) is 31.2 Å². The number of anilines is 1. The first-order chi connectivity index (χ1) is 8.16. The van der Waals surface area contributed by atoms with E-state index < -0.39 is 0 Å². The molecule has 0 aliphatic rings. The van der Waals surface area contributed by atoms with Crippen LogP contribution in [0.5, 0.6) is 0 Å². The van der Waals surface area contributed by atoms with E-state index >= 15 is 0 Å². The van der Waals surface area contributed by atoms with Crippen molar-refractivity contribution in [2.75, 3.05) is 11.9 Å². The zero-order valence-electron chi connectivity index (χ0n) is 10.1. The SMILES string of the molecule is Cc1cc(F)ccc1NCCn1ccnc1C. The summed E-state index contributed by atoms with van der Waals surface area (Å²) in [5.74, 6) is 0.807. The lowest BCUT2D eigenvalue weighted by atomic mass is 10.2. The second-order valence-corrected chi connectivity index (χ2v) is 4.05. The highest BCUT2D eigenvalue weighted by atomic mass is 19.1. The molecule has 1 heterocycles. The van der Waals surface area contributed by atoms with Gasteiger partial charge in [0.2, 0.25) is 0 Å². The number of imidazole rings is 1. The van der Waals surface area contributed by atoms with Crippen LogP contribution in [0.2, 0.25) is 0 Å². The third-order valence-corrected chi connectivity index (χ3v) is 2.78. The minimum absolute atomic E-state index is 0.196. The summed E-state index contributed by atoms with van der Waals surface area (Å²) in [6.45, 7) is 5.52. The fourth-order valence-electron chi connectivity index (χ4n) is 1.78. The molecule has 90 valence electrons. The molecule has 0 saturated carbocycles. The Kier molecular flexibility index (Phi) is 3.42. The van der Waals surface area contributed by atoms with Gasteiger partial charge in [-0.1, -0.05) is 0 Å². The summed E-state index contributed by atoms with van der Waals surface area (Å²) in [4.78, 5) is 4.16. The zero-order chi connectivity index (χ0) is 12.3. The van der Waals surface area contributed by atoms with E-state index in [1.165, 1.54) is 12.1 Å². The predicted molar refractivity (Wildman–Crippen MR) is 66.6 cm³/mol. The molecule has 3 nitrogen and oxygen atoms in total. The average Bonchev–Trinajstić information content (AvgIpc) is 2.68. The average molecular weight is 233 g/mol. The van der Waals surface area contributed by atoms with Gasteiger partial charge in [0.15, 0.2) is 0 Å². The van der Waals surface area contributed by atoms with E-state index in [4.69, 9.17) is 0 Å². The Morgan fingerprint density at radius 3 is 2.82 bits per heavy atom. The zero-order valence-corrected chi connectivity index (χ0v) is 10.1. The standard InChI is InChI=1S/C13H16FN3/c1-10-9-12(14)3-4-13(10)16-6-8-17-7-5-15-11(17)2/h3-5,7,9,16H,6,8H2,1-2H3. The van der Waals surface area contributed by atoms with Crippen molar-refractivity contribution in [1.29, 1.82) is 0 Å². The lowest BCUT2D eigenvalue weighted by molar-refractivity contribution is 0.626. The molecule has 1 aromatic heterocycles. The van der Waals surface area contributed by atoms with Gasteiger partial charge in [0.25, 0.3) is 0 Å². The molecular formula is C13H16FN3. The van der Waals surface area contributed by atoms with Gasteiger partial charge in [-0.2, -0.15) is 0 Å². The Hall–Kier alpha value is -1.84. The lowest BCUT2D eigenvalue weighted by Crippen LogP contribution is -2.11. The van der Waals surface area contributed by atoms with Gasteiger partial charge in [0.05, 0.1) is 0 Å². The Balaban J connectivity index is 1.92. The van der Waals surface area contributed by atoms with Crippen LogP contribution in [0.3, 0.4) is 0 Å². The lowest BCUT2D eigenvalue weighted by Gasteiger charge is -2.10. The van der Waals surface area contributed by atoms with Crippen LogP contribution in [0.4, 0.5) is 10.1 Å². The highest BCUT2D eigenvalue weighted by Gasteiger charge is 2.00. The van der Waals surface area contributed by atoms with Crippen molar-refractivity contribution in [3.8, 4) is 0 Å². The molecule has 0 radical (unpaired) electrons. The Labute approximate surface area is 100 Å². The number of aromatic nitrogens is 2. The van der Waals surface area contributed by atoms with Crippen LogP contribution in [-0.4, -0.2) is 16.1 Å². The molecule has 0 aliphatic heterocycles. The maximum atomic E-state index is 12.9. The van der Waals surface area contributed by atoms with Gasteiger partial charge in [0.1, 0.15) is 11.6 Å². The largest absolute Gasteiger partial charge is 0.383 e. The molecule has 0 bridgehead atoms. The van der Waals surface area contributed by atoms with Crippen LogP contribution in [0.15, 0.2) is 30.6 Å². The summed E-state index contributed by atoms with van der Waals surface area (Å²) in [5.41, 5.74) is 1.90. The number of nitrogens with one attached hydrogen (secondary N) is 1. The maximum Gasteiger partial charge on any atom is 0.123 e. The van der Waals surface area contributed by atoms with Crippen LogP contribution in [0.1, 0.15) is 11.4 Å². The fourth-order valence-corrected chi connectivity index (χ4v) is 1.78. The number of nitrogens with zero attached hydrogens (tertiary/aromatic N) is 2. The second-order valence-electron chi connectivity index (χ2n) is 4.05. The molecule has 2 aromatic rings. The summed E-state index contributed by atoms with van der Waals surface area (Å²) in [5, 5.41) is 3.29. The molecule has 0 saturated heterocycles. The van der Waals surface area contributed by atoms with Crippen LogP contribution in [0, 0.1) is 19.7 Å². The van der Waals surface area contributed by atoms with E-state index in [0.717, 1.165) is 30.2 Å². The molecule has 2 rings (SSSR count). The quantitative estimate of drug-likeness (QED) is 0.880. The number of hydrogen-bond donors (Lipinski definition) is 1. The van der Waals surface area contributed by atoms with E-state index in [0.29, 0.717) is 0 Å². The van der Waals surface area contributed by atoms with Crippen molar-refractivity contribution in [3.05, 3.63) is 47.8 Å². The first-order valence-corrected chi connectivity index (χ1v) is 5.64. The molecule has 1 aromatic carbocycles. The Morgan fingerprint density at radius 1 is 1.35 bits per heavy atom. The summed E-state index contributed by atoms with van der Waals surface area (Å²) < 4.78 is 15.0. The van der Waals surface area contributed by atoms with Crippen molar-refractivity contribution in [2.45, 2.75) is 20.4 Å². The molecule has 0 unspecified atom stereocenters. The second kappa shape index (κ2) is 4.99. The minimum atomic E-state index is -0.196. The van der Waals surface area contributed by atoms with Crippen LogP contribution >= 0.6 is 0 Å². The number of aryl methyl sites for hydroxylation is 2. The normalized spacial score (nSPS) is 10.5. The van der Waals surface area contributed by atoms with E-state index in [1.54, 1.807) is 12.3 Å². The molecule has 0 amide bonds. The number of halogens is 1. The number of hydrogen-bond acceptors (Lipinski definition) is 2. The third-order valence-electron chi connectivity index (χ3n) is 2.78. The van der Waals surface area contributed by atoms with Crippen LogP contribution in [-0.2, 0) is 6.54 Å². The summed E-state index contributed by atoms with van der Waals surface area (Å²) >= 11 is 0. The Bertz CT molecular complexity index is 505. The molecule has 0 aliphatic carbocycles. The van der Waals surface area contributed by atoms with Gasteiger partial charge >= 0.3 is 0 Å². The number of rotatable bonds is 4. The monoisotopic (exact) mass is 233 g/mol. The van der Waals surface area contributed by atoms with Gasteiger partial charge < -0.3 is 9.88 Å². The van der Waals surface area contributed by atoms with Crippen molar-refractivity contribution < 1.29 is 4.39 Å². The molecule has 0 spiro atoms. The summed E-state index contributed by atoms with van der Waals surface area (Å²) in [6.07, 6.45) is 3.74. The number of benzene rings is 1. The van der Waals surface area contributed by atoms with Gasteiger partial charge in [-0.25, -0.2) is 9.37 Å². The fraction of sp³-hybridized carbons (Fsp3) is 0.308. The Morgan fingerprint density at radius 2 is 2.18 bits per heavy atom. The van der Waals surface area contributed by atoms with Gasteiger partial charge in [-0.3, -0.25) is 0 Å².